The molecule has 2 aromatic rings. The van der Waals surface area contributed by atoms with E-state index in [1.807, 2.05) is 6.07 Å². The van der Waals surface area contributed by atoms with Gasteiger partial charge in [0.05, 0.1) is 17.7 Å². The average molecular weight is 271 g/mol. The summed E-state index contributed by atoms with van der Waals surface area (Å²) in [6.45, 7) is 1.72. The fourth-order valence-electron chi connectivity index (χ4n) is 1.90. The molecule has 0 saturated heterocycles. The molecule has 0 aliphatic heterocycles. The van der Waals surface area contributed by atoms with E-state index in [0.717, 1.165) is 0 Å². The van der Waals surface area contributed by atoms with E-state index in [-0.39, 0.29) is 6.61 Å². The minimum absolute atomic E-state index is 0.0738. The van der Waals surface area contributed by atoms with Crippen molar-refractivity contribution in [2.75, 3.05) is 0 Å². The fraction of sp³-hybridized carbons (Fsp3) is 0.188. The first-order valence-corrected chi connectivity index (χ1v) is 6.20. The molecule has 0 spiro atoms. The zero-order valence-electron chi connectivity index (χ0n) is 11.0. The van der Waals surface area contributed by atoms with Crippen LogP contribution in [0.15, 0.2) is 42.5 Å². The third-order valence-electron chi connectivity index (χ3n) is 2.94. The first kappa shape index (κ1) is 14.0. The van der Waals surface area contributed by atoms with Gasteiger partial charge in [-0.2, -0.15) is 5.26 Å². The van der Waals surface area contributed by atoms with Gasteiger partial charge in [-0.05, 0) is 31.2 Å². The normalized spacial score (nSPS) is 11.7. The lowest BCUT2D eigenvalue weighted by Gasteiger charge is -2.13. The molecule has 2 aromatic carbocycles. The fourth-order valence-corrected chi connectivity index (χ4v) is 1.90. The molecule has 0 heterocycles. The van der Waals surface area contributed by atoms with E-state index in [1.165, 1.54) is 18.2 Å². The number of hydrogen-bond donors (Lipinski definition) is 1. The molecule has 0 aliphatic rings. The Balaban J connectivity index is 2.22. The van der Waals surface area contributed by atoms with Crippen LogP contribution in [0, 0.1) is 17.1 Å². The molecule has 1 unspecified atom stereocenters. The number of benzene rings is 2. The zero-order valence-corrected chi connectivity index (χ0v) is 11.0. The van der Waals surface area contributed by atoms with E-state index < -0.39 is 11.9 Å². The number of ether oxygens (including phenoxy) is 1. The molecule has 1 N–H and O–H groups in total. The maximum Gasteiger partial charge on any atom is 0.125 e. The molecular formula is C16H14FNO2. The lowest BCUT2D eigenvalue weighted by atomic mass is 10.1. The van der Waals surface area contributed by atoms with E-state index in [1.54, 1.807) is 31.2 Å². The Labute approximate surface area is 116 Å². The minimum Gasteiger partial charge on any atom is -0.488 e. The number of halogens is 1. The maximum atomic E-state index is 13.2. The van der Waals surface area contributed by atoms with Gasteiger partial charge in [0.2, 0.25) is 0 Å². The molecule has 3 nitrogen and oxygen atoms in total. The maximum absolute atomic E-state index is 13.2. The highest BCUT2D eigenvalue weighted by molar-refractivity contribution is 5.39. The van der Waals surface area contributed by atoms with Gasteiger partial charge in [-0.1, -0.05) is 18.2 Å². The lowest BCUT2D eigenvalue weighted by molar-refractivity contribution is 0.190. The third-order valence-corrected chi connectivity index (χ3v) is 2.94. The number of hydrogen-bond acceptors (Lipinski definition) is 3. The highest BCUT2D eigenvalue weighted by atomic mass is 19.1. The summed E-state index contributed by atoms with van der Waals surface area (Å²) in [5.74, 6) is 0.113. The van der Waals surface area contributed by atoms with E-state index in [2.05, 4.69) is 0 Å². The van der Waals surface area contributed by atoms with Gasteiger partial charge in [0, 0.05) is 11.1 Å². The second-order valence-electron chi connectivity index (χ2n) is 4.42. The van der Waals surface area contributed by atoms with E-state index in [0.29, 0.717) is 22.4 Å². The van der Waals surface area contributed by atoms with Crippen LogP contribution >= 0.6 is 0 Å². The van der Waals surface area contributed by atoms with Gasteiger partial charge in [0.25, 0.3) is 0 Å². The predicted molar refractivity (Wildman–Crippen MR) is 72.5 cm³/mol. The average Bonchev–Trinajstić information content (AvgIpc) is 2.45. The number of nitriles is 1. The molecule has 0 fully saturated rings. The summed E-state index contributed by atoms with van der Waals surface area (Å²) < 4.78 is 18.8. The van der Waals surface area contributed by atoms with Crippen LogP contribution in [0.4, 0.5) is 4.39 Å². The second-order valence-corrected chi connectivity index (χ2v) is 4.42. The molecule has 0 amide bonds. The number of nitrogens with zero attached hydrogens (tertiary/aromatic N) is 1. The van der Waals surface area contributed by atoms with Gasteiger partial charge < -0.3 is 9.84 Å². The highest BCUT2D eigenvalue weighted by Gasteiger charge is 2.10. The third kappa shape index (κ3) is 3.14. The Bertz CT molecular complexity index is 647. The van der Waals surface area contributed by atoms with Crippen molar-refractivity contribution in [2.45, 2.75) is 19.6 Å². The van der Waals surface area contributed by atoms with Crippen LogP contribution in [-0.2, 0) is 6.61 Å². The Kier molecular flexibility index (Phi) is 4.34. The summed E-state index contributed by atoms with van der Waals surface area (Å²) >= 11 is 0. The Hall–Kier alpha value is -2.38. The smallest absolute Gasteiger partial charge is 0.125 e. The molecule has 0 aromatic heterocycles. The van der Waals surface area contributed by atoms with E-state index in [9.17, 15) is 9.50 Å². The Morgan fingerprint density at radius 1 is 1.30 bits per heavy atom. The van der Waals surface area contributed by atoms with E-state index in [4.69, 9.17) is 10.00 Å². The van der Waals surface area contributed by atoms with Gasteiger partial charge in [-0.25, -0.2) is 4.39 Å². The van der Waals surface area contributed by atoms with Gasteiger partial charge in [-0.15, -0.1) is 0 Å². The van der Waals surface area contributed by atoms with Gasteiger partial charge in [0.1, 0.15) is 18.2 Å². The molecule has 20 heavy (non-hydrogen) atoms. The van der Waals surface area contributed by atoms with Crippen LogP contribution in [0.2, 0.25) is 0 Å². The zero-order chi connectivity index (χ0) is 14.5. The topological polar surface area (TPSA) is 53.2 Å². The molecule has 0 saturated carbocycles. The Morgan fingerprint density at radius 3 is 2.75 bits per heavy atom. The number of aliphatic hydroxyl groups excluding tert-OH is 1. The first-order valence-electron chi connectivity index (χ1n) is 6.20. The van der Waals surface area contributed by atoms with Crippen molar-refractivity contribution in [3.05, 3.63) is 65.0 Å². The summed E-state index contributed by atoms with van der Waals surface area (Å²) in [7, 11) is 0. The largest absolute Gasteiger partial charge is 0.488 e. The summed E-state index contributed by atoms with van der Waals surface area (Å²) in [4.78, 5) is 0. The second kappa shape index (κ2) is 6.18. The van der Waals surface area contributed by atoms with Crippen LogP contribution in [0.25, 0.3) is 0 Å². The monoisotopic (exact) mass is 271 g/mol. The van der Waals surface area contributed by atoms with Crippen LogP contribution in [0.1, 0.15) is 29.7 Å². The molecule has 0 bridgehead atoms. The summed E-state index contributed by atoms with van der Waals surface area (Å²) in [5, 5.41) is 18.6. The molecule has 4 heteroatoms. The molecule has 2 rings (SSSR count). The molecule has 1 atom stereocenters. The molecule has 0 aliphatic carbocycles. The number of para-hydroxylation sites is 1. The summed E-state index contributed by atoms with van der Waals surface area (Å²) in [6, 6.07) is 13.0. The van der Waals surface area contributed by atoms with Crippen molar-refractivity contribution >= 4 is 0 Å². The molecule has 102 valence electrons. The van der Waals surface area contributed by atoms with Crippen LogP contribution in [0.5, 0.6) is 5.75 Å². The van der Waals surface area contributed by atoms with Gasteiger partial charge >= 0.3 is 0 Å². The van der Waals surface area contributed by atoms with Crippen molar-refractivity contribution in [2.24, 2.45) is 0 Å². The van der Waals surface area contributed by atoms with Crippen LogP contribution in [0.3, 0.4) is 0 Å². The Morgan fingerprint density at radius 2 is 2.05 bits per heavy atom. The standard InChI is InChI=1S/C16H14FNO2/c1-11(19)15-4-2-3-5-16(15)20-10-13-8-14(17)7-6-12(13)9-18/h2-8,11,19H,10H2,1H3. The van der Waals surface area contributed by atoms with Crippen LogP contribution in [-0.4, -0.2) is 5.11 Å². The van der Waals surface area contributed by atoms with Crippen molar-refractivity contribution < 1.29 is 14.2 Å². The summed E-state index contributed by atoms with van der Waals surface area (Å²) in [6.07, 6.45) is -0.658. The predicted octanol–water partition coefficient (Wildman–Crippen LogP) is 3.33. The number of rotatable bonds is 4. The van der Waals surface area contributed by atoms with Crippen molar-refractivity contribution in [1.82, 2.24) is 0 Å². The van der Waals surface area contributed by atoms with Crippen LogP contribution < -0.4 is 4.74 Å². The van der Waals surface area contributed by atoms with Gasteiger partial charge in [0.15, 0.2) is 0 Å². The minimum atomic E-state index is -0.658. The van der Waals surface area contributed by atoms with E-state index >= 15 is 0 Å². The molecule has 0 radical (unpaired) electrons. The van der Waals surface area contributed by atoms with Gasteiger partial charge in [-0.3, -0.25) is 0 Å². The lowest BCUT2D eigenvalue weighted by Crippen LogP contribution is -2.02. The number of aliphatic hydroxyl groups is 1. The molecular weight excluding hydrogens is 257 g/mol. The highest BCUT2D eigenvalue weighted by Crippen LogP contribution is 2.25. The van der Waals surface area contributed by atoms with Crippen molar-refractivity contribution in [3.63, 3.8) is 0 Å². The van der Waals surface area contributed by atoms with Crippen molar-refractivity contribution in [3.8, 4) is 11.8 Å². The quantitative estimate of drug-likeness (QED) is 0.928. The van der Waals surface area contributed by atoms with Crippen molar-refractivity contribution in [1.29, 1.82) is 5.26 Å². The first-order chi connectivity index (χ1) is 9.61. The SMILES string of the molecule is CC(O)c1ccccc1OCc1cc(F)ccc1C#N. The summed E-state index contributed by atoms with van der Waals surface area (Å²) in [5.41, 5.74) is 1.51.